The maximum atomic E-state index is 5.29. The quantitative estimate of drug-likeness (QED) is 0.568. The zero-order chi connectivity index (χ0) is 9.23. The molecule has 1 N–H and O–H groups in total. The molecule has 1 atom stereocenters. The van der Waals surface area contributed by atoms with Crippen LogP contribution in [0.5, 0.6) is 0 Å². The molecule has 0 aromatic heterocycles. The molecule has 12 heavy (non-hydrogen) atoms. The van der Waals surface area contributed by atoms with Gasteiger partial charge in [-0.1, -0.05) is 19.8 Å². The smallest absolute Gasteiger partial charge is 0.0616 e. The second kappa shape index (κ2) is 9.01. The molecule has 74 valence electrons. The van der Waals surface area contributed by atoms with Crippen LogP contribution in [0.4, 0.5) is 0 Å². The zero-order valence-corrected chi connectivity index (χ0v) is 8.73. The summed E-state index contributed by atoms with van der Waals surface area (Å²) in [5, 5.41) is 3.43. The van der Waals surface area contributed by atoms with Gasteiger partial charge in [0.15, 0.2) is 0 Å². The van der Waals surface area contributed by atoms with E-state index in [1.54, 1.807) is 0 Å². The fourth-order valence-electron chi connectivity index (χ4n) is 1.08. The first-order chi connectivity index (χ1) is 5.81. The molecule has 0 aliphatic rings. The summed E-state index contributed by atoms with van der Waals surface area (Å²) in [7, 11) is 0. The highest BCUT2D eigenvalue weighted by atomic mass is 16.5. The Hall–Kier alpha value is -0.0800. The Morgan fingerprint density at radius 2 is 2.00 bits per heavy atom. The highest BCUT2D eigenvalue weighted by molar-refractivity contribution is 4.58. The Morgan fingerprint density at radius 3 is 2.58 bits per heavy atom. The van der Waals surface area contributed by atoms with E-state index in [0.717, 1.165) is 19.8 Å². The number of unbranched alkanes of at least 4 members (excludes halogenated alkanes) is 2. The summed E-state index contributed by atoms with van der Waals surface area (Å²) in [6.45, 7) is 9.21. The molecule has 0 bridgehead atoms. The van der Waals surface area contributed by atoms with E-state index in [1.165, 1.54) is 19.3 Å². The standard InChI is InChI=1S/C10H23NO/c1-4-6-7-8-11-10(3)9-12-5-2/h10-11H,4-9H2,1-3H3. The monoisotopic (exact) mass is 173 g/mol. The molecule has 0 aliphatic carbocycles. The summed E-state index contributed by atoms with van der Waals surface area (Å²) < 4.78 is 5.29. The van der Waals surface area contributed by atoms with Crippen molar-refractivity contribution in [2.45, 2.75) is 46.1 Å². The number of ether oxygens (including phenoxy) is 1. The lowest BCUT2D eigenvalue weighted by molar-refractivity contribution is 0.127. The highest BCUT2D eigenvalue weighted by Crippen LogP contribution is 1.92. The summed E-state index contributed by atoms with van der Waals surface area (Å²) >= 11 is 0. The summed E-state index contributed by atoms with van der Waals surface area (Å²) in [5.41, 5.74) is 0. The van der Waals surface area contributed by atoms with Crippen LogP contribution in [0.3, 0.4) is 0 Å². The van der Waals surface area contributed by atoms with Gasteiger partial charge in [-0.05, 0) is 26.8 Å². The predicted octanol–water partition coefficient (Wildman–Crippen LogP) is 2.19. The van der Waals surface area contributed by atoms with Crippen molar-refractivity contribution in [1.82, 2.24) is 5.32 Å². The minimum Gasteiger partial charge on any atom is -0.380 e. The van der Waals surface area contributed by atoms with Crippen LogP contribution in [0.2, 0.25) is 0 Å². The first kappa shape index (κ1) is 11.9. The van der Waals surface area contributed by atoms with E-state index in [2.05, 4.69) is 19.2 Å². The Morgan fingerprint density at radius 1 is 1.25 bits per heavy atom. The van der Waals surface area contributed by atoms with Gasteiger partial charge in [-0.3, -0.25) is 0 Å². The maximum absolute atomic E-state index is 5.29. The first-order valence-electron chi connectivity index (χ1n) is 5.12. The van der Waals surface area contributed by atoms with E-state index in [-0.39, 0.29) is 0 Å². The van der Waals surface area contributed by atoms with E-state index in [4.69, 9.17) is 4.74 Å². The zero-order valence-electron chi connectivity index (χ0n) is 8.73. The lowest BCUT2D eigenvalue weighted by atomic mass is 10.2. The molecule has 0 aliphatic heterocycles. The van der Waals surface area contributed by atoms with Gasteiger partial charge >= 0.3 is 0 Å². The Labute approximate surface area is 76.7 Å². The first-order valence-corrected chi connectivity index (χ1v) is 5.12. The second-order valence-electron chi connectivity index (χ2n) is 3.22. The van der Waals surface area contributed by atoms with Gasteiger partial charge in [0.2, 0.25) is 0 Å². The third-order valence-corrected chi connectivity index (χ3v) is 1.85. The van der Waals surface area contributed by atoms with Gasteiger partial charge in [-0.25, -0.2) is 0 Å². The van der Waals surface area contributed by atoms with Gasteiger partial charge in [-0.2, -0.15) is 0 Å². The molecule has 1 unspecified atom stereocenters. The van der Waals surface area contributed by atoms with Crippen LogP contribution in [-0.4, -0.2) is 25.8 Å². The van der Waals surface area contributed by atoms with Gasteiger partial charge in [0, 0.05) is 12.6 Å². The molecule has 0 aromatic carbocycles. The van der Waals surface area contributed by atoms with Crippen LogP contribution >= 0.6 is 0 Å². The Bertz CT molecular complexity index is 85.9. The van der Waals surface area contributed by atoms with Gasteiger partial charge < -0.3 is 10.1 Å². The average Bonchev–Trinajstić information content (AvgIpc) is 2.09. The minimum absolute atomic E-state index is 0.502. The van der Waals surface area contributed by atoms with E-state index >= 15 is 0 Å². The second-order valence-corrected chi connectivity index (χ2v) is 3.22. The molecule has 0 amide bonds. The molecular weight excluding hydrogens is 150 g/mol. The summed E-state index contributed by atoms with van der Waals surface area (Å²) in [6.07, 6.45) is 3.91. The third kappa shape index (κ3) is 8.02. The van der Waals surface area contributed by atoms with E-state index < -0.39 is 0 Å². The third-order valence-electron chi connectivity index (χ3n) is 1.85. The molecule has 0 rings (SSSR count). The van der Waals surface area contributed by atoms with Gasteiger partial charge in [0.25, 0.3) is 0 Å². The minimum atomic E-state index is 0.502. The molecule has 0 spiro atoms. The fraction of sp³-hybridized carbons (Fsp3) is 1.00. The van der Waals surface area contributed by atoms with Crippen LogP contribution < -0.4 is 5.32 Å². The average molecular weight is 173 g/mol. The van der Waals surface area contributed by atoms with Crippen LogP contribution in [0.25, 0.3) is 0 Å². The van der Waals surface area contributed by atoms with Crippen LogP contribution in [0, 0.1) is 0 Å². The van der Waals surface area contributed by atoms with E-state index in [0.29, 0.717) is 6.04 Å². The number of rotatable bonds is 8. The highest BCUT2D eigenvalue weighted by Gasteiger charge is 1.98. The SMILES string of the molecule is CCCCCNC(C)COCC. The van der Waals surface area contributed by atoms with E-state index in [9.17, 15) is 0 Å². The van der Waals surface area contributed by atoms with Crippen molar-refractivity contribution in [3.63, 3.8) is 0 Å². The fourth-order valence-corrected chi connectivity index (χ4v) is 1.08. The number of nitrogens with one attached hydrogen (secondary N) is 1. The van der Waals surface area contributed by atoms with Crippen LogP contribution in [-0.2, 0) is 4.74 Å². The van der Waals surface area contributed by atoms with Crippen molar-refractivity contribution in [2.75, 3.05) is 19.8 Å². The number of hydrogen-bond acceptors (Lipinski definition) is 2. The van der Waals surface area contributed by atoms with Crippen molar-refractivity contribution in [3.8, 4) is 0 Å². The van der Waals surface area contributed by atoms with Gasteiger partial charge in [0.1, 0.15) is 0 Å². The van der Waals surface area contributed by atoms with Crippen LogP contribution in [0.15, 0.2) is 0 Å². The molecule has 2 heteroatoms. The lowest BCUT2D eigenvalue weighted by Gasteiger charge is -2.12. The maximum Gasteiger partial charge on any atom is 0.0616 e. The van der Waals surface area contributed by atoms with Crippen molar-refractivity contribution >= 4 is 0 Å². The largest absolute Gasteiger partial charge is 0.380 e. The van der Waals surface area contributed by atoms with Crippen LogP contribution in [0.1, 0.15) is 40.0 Å². The molecule has 0 saturated carbocycles. The Balaban J connectivity index is 3.02. The summed E-state index contributed by atoms with van der Waals surface area (Å²) in [5.74, 6) is 0. The molecule has 0 heterocycles. The predicted molar refractivity (Wildman–Crippen MR) is 53.5 cm³/mol. The summed E-state index contributed by atoms with van der Waals surface area (Å²) in [4.78, 5) is 0. The molecule has 0 fully saturated rings. The van der Waals surface area contributed by atoms with Gasteiger partial charge in [-0.15, -0.1) is 0 Å². The topological polar surface area (TPSA) is 21.3 Å². The normalized spacial score (nSPS) is 13.2. The molecule has 0 aromatic rings. The van der Waals surface area contributed by atoms with E-state index in [1.807, 2.05) is 6.92 Å². The molecular formula is C10H23NO. The lowest BCUT2D eigenvalue weighted by Crippen LogP contribution is -2.31. The van der Waals surface area contributed by atoms with Crippen molar-refractivity contribution in [1.29, 1.82) is 0 Å². The molecule has 0 saturated heterocycles. The van der Waals surface area contributed by atoms with Crippen molar-refractivity contribution in [3.05, 3.63) is 0 Å². The molecule has 0 radical (unpaired) electrons. The van der Waals surface area contributed by atoms with Crippen molar-refractivity contribution < 1.29 is 4.74 Å². The summed E-state index contributed by atoms with van der Waals surface area (Å²) in [6, 6.07) is 0.502. The number of hydrogen-bond donors (Lipinski definition) is 1. The molecule has 2 nitrogen and oxygen atoms in total. The van der Waals surface area contributed by atoms with Crippen molar-refractivity contribution in [2.24, 2.45) is 0 Å². The van der Waals surface area contributed by atoms with Gasteiger partial charge in [0.05, 0.1) is 6.61 Å². The Kier molecular flexibility index (Phi) is 8.95.